The average Bonchev–Trinajstić information content (AvgIpc) is 2.51. The van der Waals surface area contributed by atoms with Crippen LogP contribution >= 0.6 is 0 Å². The number of hydrogen-bond acceptors (Lipinski definition) is 6. The molecule has 4 amide bonds. The molecule has 1 N–H and O–H groups in total. The quantitative estimate of drug-likeness (QED) is 0.656. The first-order valence-corrected chi connectivity index (χ1v) is 6.17. The minimum Gasteiger partial charge on any atom is -0.478 e. The molecule has 2 rings (SSSR count). The number of azo groups is 1. The van der Waals surface area contributed by atoms with Gasteiger partial charge in [-0.15, -0.1) is 0 Å². The molecule has 1 aromatic rings. The van der Waals surface area contributed by atoms with Crippen molar-refractivity contribution in [3.63, 3.8) is 0 Å². The molecule has 1 aliphatic rings. The molecule has 114 valence electrons. The van der Waals surface area contributed by atoms with Gasteiger partial charge < -0.3 is 5.11 Å². The summed E-state index contributed by atoms with van der Waals surface area (Å²) in [6.07, 6.45) is 0. The van der Waals surface area contributed by atoms with Crippen molar-refractivity contribution in [2.75, 3.05) is 14.1 Å². The normalized spacial score (nSPS) is 16.7. The van der Waals surface area contributed by atoms with Gasteiger partial charge in [-0.2, -0.15) is 10.2 Å². The van der Waals surface area contributed by atoms with Crippen molar-refractivity contribution in [2.45, 2.75) is 6.04 Å². The number of carboxylic acid groups (broad SMARTS) is 1. The molecule has 0 atom stereocenters. The number of nitrogens with zero attached hydrogens (tertiary/aromatic N) is 4. The van der Waals surface area contributed by atoms with E-state index in [0.29, 0.717) is 0 Å². The van der Waals surface area contributed by atoms with E-state index in [4.69, 9.17) is 5.11 Å². The van der Waals surface area contributed by atoms with Crippen molar-refractivity contribution >= 4 is 29.5 Å². The summed E-state index contributed by atoms with van der Waals surface area (Å²) in [6.45, 7) is 0. The minimum absolute atomic E-state index is 0.0119. The van der Waals surface area contributed by atoms with Gasteiger partial charge in [0.25, 0.3) is 11.8 Å². The third-order valence-electron chi connectivity index (χ3n) is 3.12. The van der Waals surface area contributed by atoms with Crippen molar-refractivity contribution in [1.29, 1.82) is 0 Å². The molecule has 1 heterocycles. The summed E-state index contributed by atoms with van der Waals surface area (Å²) in [7, 11) is 2.45. The maximum Gasteiger partial charge on any atom is 0.337 e. The summed E-state index contributed by atoms with van der Waals surface area (Å²) in [5, 5.41) is 16.3. The van der Waals surface area contributed by atoms with Crippen LogP contribution in [0.4, 0.5) is 10.5 Å². The second-order valence-electron chi connectivity index (χ2n) is 4.52. The second-order valence-corrected chi connectivity index (χ2v) is 4.52. The first-order chi connectivity index (χ1) is 10.3. The Kier molecular flexibility index (Phi) is 3.97. The highest BCUT2D eigenvalue weighted by atomic mass is 16.4. The smallest absolute Gasteiger partial charge is 0.337 e. The van der Waals surface area contributed by atoms with E-state index < -0.39 is 29.9 Å². The van der Waals surface area contributed by atoms with Crippen LogP contribution in [-0.2, 0) is 9.59 Å². The molecule has 1 aromatic carbocycles. The molecule has 0 radical (unpaired) electrons. The van der Waals surface area contributed by atoms with Crippen LogP contribution in [0.15, 0.2) is 34.5 Å². The lowest BCUT2D eigenvalue weighted by molar-refractivity contribution is -0.143. The van der Waals surface area contributed by atoms with Crippen LogP contribution in [0.5, 0.6) is 0 Å². The Morgan fingerprint density at radius 3 is 2.18 bits per heavy atom. The summed E-state index contributed by atoms with van der Waals surface area (Å²) in [6, 6.07) is 3.51. The van der Waals surface area contributed by atoms with Crippen molar-refractivity contribution in [1.82, 2.24) is 9.80 Å². The lowest BCUT2D eigenvalue weighted by Gasteiger charge is -2.30. The Labute approximate surface area is 124 Å². The van der Waals surface area contributed by atoms with Crippen molar-refractivity contribution in [3.8, 4) is 0 Å². The number of aromatic carboxylic acids is 1. The molecule has 9 nitrogen and oxygen atoms in total. The van der Waals surface area contributed by atoms with E-state index in [1.807, 2.05) is 0 Å². The maximum atomic E-state index is 11.9. The van der Waals surface area contributed by atoms with E-state index in [9.17, 15) is 19.2 Å². The van der Waals surface area contributed by atoms with Gasteiger partial charge in [0.1, 0.15) is 0 Å². The highest BCUT2D eigenvalue weighted by molar-refractivity contribution is 6.18. The predicted octanol–water partition coefficient (Wildman–Crippen LogP) is 0.887. The Bertz CT molecular complexity index is 675. The summed E-state index contributed by atoms with van der Waals surface area (Å²) in [5.74, 6) is -2.84. The lowest BCUT2D eigenvalue weighted by Crippen LogP contribution is -2.58. The zero-order valence-corrected chi connectivity index (χ0v) is 11.8. The van der Waals surface area contributed by atoms with Crippen LogP contribution < -0.4 is 0 Å². The van der Waals surface area contributed by atoms with Gasteiger partial charge >= 0.3 is 12.0 Å². The molecule has 0 aromatic heterocycles. The van der Waals surface area contributed by atoms with Gasteiger partial charge in [-0.05, 0) is 12.1 Å². The maximum absolute atomic E-state index is 11.9. The topological polar surface area (TPSA) is 120 Å². The number of urea groups is 1. The average molecular weight is 304 g/mol. The number of carboxylic acids is 1. The Hall–Kier alpha value is -3.10. The van der Waals surface area contributed by atoms with E-state index >= 15 is 0 Å². The molecular weight excluding hydrogens is 292 g/mol. The van der Waals surface area contributed by atoms with Crippen LogP contribution in [-0.4, -0.2) is 58.9 Å². The SMILES string of the molecule is CN1C(=O)C(N=Nc2ccccc2C(=O)O)C(=O)N(C)C1=O. The van der Waals surface area contributed by atoms with E-state index in [0.717, 1.165) is 9.80 Å². The summed E-state index contributed by atoms with van der Waals surface area (Å²) >= 11 is 0. The Morgan fingerprint density at radius 1 is 1.09 bits per heavy atom. The Balaban J connectivity index is 2.33. The molecule has 0 aliphatic carbocycles. The predicted molar refractivity (Wildman–Crippen MR) is 72.6 cm³/mol. The van der Waals surface area contributed by atoms with Crippen molar-refractivity contribution in [3.05, 3.63) is 29.8 Å². The largest absolute Gasteiger partial charge is 0.478 e. The zero-order valence-electron chi connectivity index (χ0n) is 11.8. The van der Waals surface area contributed by atoms with Gasteiger partial charge in [0, 0.05) is 14.1 Å². The number of benzene rings is 1. The number of rotatable bonds is 3. The first kappa shape index (κ1) is 15.3. The van der Waals surface area contributed by atoms with Crippen molar-refractivity contribution in [2.24, 2.45) is 10.2 Å². The fourth-order valence-electron chi connectivity index (χ4n) is 1.85. The van der Waals surface area contributed by atoms with Crippen LogP contribution in [0, 0.1) is 0 Å². The fraction of sp³-hybridized carbons (Fsp3) is 0.231. The number of amides is 4. The molecule has 0 unspecified atom stereocenters. The molecule has 0 spiro atoms. The van der Waals surface area contributed by atoms with E-state index in [2.05, 4.69) is 10.2 Å². The molecule has 1 saturated heterocycles. The van der Waals surface area contributed by atoms with Crippen LogP contribution in [0.3, 0.4) is 0 Å². The van der Waals surface area contributed by atoms with Crippen LogP contribution in [0.1, 0.15) is 10.4 Å². The van der Waals surface area contributed by atoms with Gasteiger partial charge in [0.05, 0.1) is 11.3 Å². The molecule has 9 heteroatoms. The second kappa shape index (κ2) is 5.72. The molecule has 1 fully saturated rings. The number of barbiturate groups is 1. The monoisotopic (exact) mass is 304 g/mol. The zero-order chi connectivity index (χ0) is 16.4. The van der Waals surface area contributed by atoms with E-state index in [1.54, 1.807) is 6.07 Å². The van der Waals surface area contributed by atoms with Crippen molar-refractivity contribution < 1.29 is 24.3 Å². The van der Waals surface area contributed by atoms with Gasteiger partial charge in [-0.1, -0.05) is 12.1 Å². The van der Waals surface area contributed by atoms with E-state index in [1.165, 1.54) is 32.3 Å². The number of hydrogen-bond donors (Lipinski definition) is 1. The summed E-state index contributed by atoms with van der Waals surface area (Å²) < 4.78 is 0. The third-order valence-corrected chi connectivity index (χ3v) is 3.12. The molecule has 0 saturated carbocycles. The molecule has 1 aliphatic heterocycles. The first-order valence-electron chi connectivity index (χ1n) is 6.17. The summed E-state index contributed by atoms with van der Waals surface area (Å²) in [5.41, 5.74) is -0.0995. The number of carbonyl (C=O) groups is 4. The van der Waals surface area contributed by atoms with Crippen LogP contribution in [0.25, 0.3) is 0 Å². The number of likely N-dealkylation sites (N-methyl/N-ethyl adjacent to an activating group) is 2. The van der Waals surface area contributed by atoms with Gasteiger partial charge in [0.15, 0.2) is 0 Å². The molecular formula is C13H12N4O5. The fourth-order valence-corrected chi connectivity index (χ4v) is 1.85. The number of imide groups is 2. The van der Waals surface area contributed by atoms with Gasteiger partial charge in [-0.25, -0.2) is 9.59 Å². The van der Waals surface area contributed by atoms with Gasteiger partial charge in [-0.3, -0.25) is 19.4 Å². The standard InChI is InChI=1S/C13H12N4O5/c1-16-10(18)9(11(19)17(2)13(16)22)15-14-8-6-4-3-5-7(8)12(20)21/h3-6,9H,1-2H3,(H,20,21). The molecule has 0 bridgehead atoms. The lowest BCUT2D eigenvalue weighted by atomic mass is 10.2. The highest BCUT2D eigenvalue weighted by Crippen LogP contribution is 2.21. The number of carbonyl (C=O) groups excluding carboxylic acids is 3. The molecule has 22 heavy (non-hydrogen) atoms. The minimum atomic E-state index is -1.51. The van der Waals surface area contributed by atoms with Gasteiger partial charge in [0.2, 0.25) is 6.04 Å². The van der Waals surface area contributed by atoms with E-state index in [-0.39, 0.29) is 11.3 Å². The van der Waals surface area contributed by atoms with Crippen LogP contribution in [0.2, 0.25) is 0 Å². The highest BCUT2D eigenvalue weighted by Gasteiger charge is 2.42. The third kappa shape index (κ3) is 2.55. The summed E-state index contributed by atoms with van der Waals surface area (Å²) in [4.78, 5) is 48.0. The Morgan fingerprint density at radius 2 is 1.64 bits per heavy atom.